The van der Waals surface area contributed by atoms with E-state index >= 15 is 0 Å². The monoisotopic (exact) mass is 532 g/mol. The van der Waals surface area contributed by atoms with Crippen molar-refractivity contribution >= 4 is 57.6 Å². The molecule has 150 valence electrons. The van der Waals surface area contributed by atoms with Crippen LogP contribution in [0.25, 0.3) is 0 Å². The normalized spacial score (nSPS) is 24.1. The standard InChI is InChI=1S/C18H22ClIN6OS/c1-10-14(21)18(9-27-10)3-6-26(7-4-18)12-8-24-17(16(22)25-12)28-11-2-5-23-15(20)13(11)19/h2,5,8,10,14H,3-4,6-7,9,21H2,1H3,(H2,22,25). The average molecular weight is 533 g/mol. The fourth-order valence-corrected chi connectivity index (χ4v) is 5.49. The summed E-state index contributed by atoms with van der Waals surface area (Å²) < 4.78 is 6.55. The van der Waals surface area contributed by atoms with E-state index in [2.05, 4.69) is 49.4 Å². The number of hydrogen-bond donors (Lipinski definition) is 2. The molecule has 2 unspecified atom stereocenters. The molecule has 2 fully saturated rings. The Labute approximate surface area is 187 Å². The van der Waals surface area contributed by atoms with Crippen molar-refractivity contribution in [3.05, 3.63) is 27.2 Å². The molecule has 4 rings (SSSR count). The van der Waals surface area contributed by atoms with Crippen molar-refractivity contribution in [1.29, 1.82) is 0 Å². The SMILES string of the molecule is CC1OCC2(CCN(c3cnc(Sc4ccnc(I)c4Cl)c(N)n3)CC2)C1N. The number of piperidine rings is 1. The summed E-state index contributed by atoms with van der Waals surface area (Å²) in [6.07, 6.45) is 5.60. The zero-order chi connectivity index (χ0) is 19.9. The van der Waals surface area contributed by atoms with Crippen LogP contribution >= 0.6 is 46.0 Å². The van der Waals surface area contributed by atoms with E-state index in [-0.39, 0.29) is 17.6 Å². The quantitative estimate of drug-likeness (QED) is 0.459. The summed E-state index contributed by atoms with van der Waals surface area (Å²) in [6.45, 7) is 4.56. The van der Waals surface area contributed by atoms with Gasteiger partial charge in [0.05, 0.1) is 23.9 Å². The van der Waals surface area contributed by atoms with Gasteiger partial charge in [-0.25, -0.2) is 15.0 Å². The Balaban J connectivity index is 1.46. The van der Waals surface area contributed by atoms with Crippen LogP contribution in [0.15, 0.2) is 28.4 Å². The van der Waals surface area contributed by atoms with E-state index in [0.717, 1.165) is 47.0 Å². The van der Waals surface area contributed by atoms with Crippen molar-refractivity contribution < 1.29 is 4.74 Å². The van der Waals surface area contributed by atoms with Crippen LogP contribution in [0.2, 0.25) is 5.02 Å². The molecule has 0 saturated carbocycles. The smallest absolute Gasteiger partial charge is 0.158 e. The number of aromatic nitrogens is 3. The van der Waals surface area contributed by atoms with Gasteiger partial charge < -0.3 is 21.1 Å². The molecule has 2 atom stereocenters. The van der Waals surface area contributed by atoms with Crippen LogP contribution < -0.4 is 16.4 Å². The molecular formula is C18H22ClIN6OS. The highest BCUT2D eigenvalue weighted by Crippen LogP contribution is 2.42. The molecule has 0 aromatic carbocycles. The van der Waals surface area contributed by atoms with Gasteiger partial charge in [0.1, 0.15) is 14.5 Å². The van der Waals surface area contributed by atoms with E-state index in [1.165, 1.54) is 11.8 Å². The molecule has 1 spiro atoms. The number of ether oxygens (including phenoxy) is 1. The lowest BCUT2D eigenvalue weighted by Gasteiger charge is -2.41. The zero-order valence-corrected chi connectivity index (χ0v) is 19.2. The topological polar surface area (TPSA) is 103 Å². The lowest BCUT2D eigenvalue weighted by Crippen LogP contribution is -2.50. The van der Waals surface area contributed by atoms with Gasteiger partial charge in [-0.15, -0.1) is 0 Å². The van der Waals surface area contributed by atoms with Crippen LogP contribution in [-0.4, -0.2) is 46.8 Å². The lowest BCUT2D eigenvalue weighted by atomic mass is 9.73. The van der Waals surface area contributed by atoms with Gasteiger partial charge in [0, 0.05) is 35.6 Å². The molecule has 2 aliphatic heterocycles. The second kappa shape index (κ2) is 8.10. The molecule has 2 aromatic rings. The first kappa shape index (κ1) is 20.4. The largest absolute Gasteiger partial charge is 0.381 e. The zero-order valence-electron chi connectivity index (χ0n) is 15.4. The molecule has 2 aromatic heterocycles. The maximum Gasteiger partial charge on any atom is 0.158 e. The highest BCUT2D eigenvalue weighted by atomic mass is 127. The summed E-state index contributed by atoms with van der Waals surface area (Å²) in [5, 5.41) is 1.24. The van der Waals surface area contributed by atoms with E-state index in [0.29, 0.717) is 15.9 Å². The third-order valence-corrected chi connectivity index (χ3v) is 8.40. The predicted octanol–water partition coefficient (Wildman–Crippen LogP) is 3.20. The van der Waals surface area contributed by atoms with Crippen molar-refractivity contribution in [3.8, 4) is 0 Å². The van der Waals surface area contributed by atoms with Gasteiger partial charge in [0.15, 0.2) is 5.82 Å². The van der Waals surface area contributed by atoms with Crippen LogP contribution in [0, 0.1) is 9.12 Å². The highest BCUT2D eigenvalue weighted by molar-refractivity contribution is 14.1. The van der Waals surface area contributed by atoms with Crippen LogP contribution in [0.1, 0.15) is 19.8 Å². The lowest BCUT2D eigenvalue weighted by molar-refractivity contribution is 0.0974. The highest BCUT2D eigenvalue weighted by Gasteiger charge is 2.47. The summed E-state index contributed by atoms with van der Waals surface area (Å²) in [7, 11) is 0. The molecule has 2 saturated heterocycles. The first-order chi connectivity index (χ1) is 13.4. The van der Waals surface area contributed by atoms with E-state index in [9.17, 15) is 0 Å². The molecule has 4 N–H and O–H groups in total. The molecule has 2 aliphatic rings. The molecule has 28 heavy (non-hydrogen) atoms. The molecular weight excluding hydrogens is 511 g/mol. The molecule has 10 heteroatoms. The minimum absolute atomic E-state index is 0.0833. The number of rotatable bonds is 3. The second-order valence-electron chi connectivity index (χ2n) is 7.33. The molecule has 0 aliphatic carbocycles. The van der Waals surface area contributed by atoms with Gasteiger partial charge in [-0.1, -0.05) is 23.4 Å². The Kier molecular flexibility index (Phi) is 5.90. The van der Waals surface area contributed by atoms with E-state index < -0.39 is 0 Å². The number of anilines is 2. The average Bonchev–Trinajstić information content (AvgIpc) is 2.96. The summed E-state index contributed by atoms with van der Waals surface area (Å²) >= 11 is 9.82. The van der Waals surface area contributed by atoms with Gasteiger partial charge in [0.25, 0.3) is 0 Å². The number of hydrogen-bond acceptors (Lipinski definition) is 8. The number of halogens is 2. The van der Waals surface area contributed by atoms with Crippen LogP contribution in [0.4, 0.5) is 11.6 Å². The Morgan fingerprint density at radius 3 is 2.75 bits per heavy atom. The fourth-order valence-electron chi connectivity index (χ4n) is 3.85. The molecule has 0 radical (unpaired) electrons. The molecule has 7 nitrogen and oxygen atoms in total. The molecule has 0 amide bonds. The predicted molar refractivity (Wildman–Crippen MR) is 120 cm³/mol. The number of nitrogens with zero attached hydrogens (tertiary/aromatic N) is 4. The minimum Gasteiger partial charge on any atom is -0.381 e. The minimum atomic E-state index is 0.0833. The van der Waals surface area contributed by atoms with E-state index in [1.54, 1.807) is 12.4 Å². The summed E-state index contributed by atoms with van der Waals surface area (Å²) in [6, 6.07) is 1.94. The van der Waals surface area contributed by atoms with Gasteiger partial charge in [-0.3, -0.25) is 0 Å². The van der Waals surface area contributed by atoms with Crippen LogP contribution in [-0.2, 0) is 4.74 Å². The van der Waals surface area contributed by atoms with Crippen molar-refractivity contribution in [1.82, 2.24) is 15.0 Å². The van der Waals surface area contributed by atoms with E-state index in [4.69, 9.17) is 27.8 Å². The van der Waals surface area contributed by atoms with Gasteiger partial charge in [0.2, 0.25) is 0 Å². The van der Waals surface area contributed by atoms with Gasteiger partial charge in [-0.2, -0.15) is 0 Å². The first-order valence-electron chi connectivity index (χ1n) is 9.12. The fraction of sp³-hybridized carbons (Fsp3) is 0.500. The molecule has 4 heterocycles. The Hall–Kier alpha value is -0.880. The Bertz CT molecular complexity index is 879. The van der Waals surface area contributed by atoms with Crippen LogP contribution in [0.5, 0.6) is 0 Å². The number of pyridine rings is 1. The van der Waals surface area contributed by atoms with Gasteiger partial charge >= 0.3 is 0 Å². The van der Waals surface area contributed by atoms with Crippen molar-refractivity contribution in [2.45, 2.75) is 41.8 Å². The Morgan fingerprint density at radius 2 is 2.11 bits per heavy atom. The molecule has 0 bridgehead atoms. The maximum absolute atomic E-state index is 6.40. The number of nitrogens with two attached hydrogens (primary N) is 2. The van der Waals surface area contributed by atoms with Crippen molar-refractivity contribution in [2.24, 2.45) is 11.1 Å². The summed E-state index contributed by atoms with van der Waals surface area (Å²) in [4.78, 5) is 16.4. The van der Waals surface area contributed by atoms with Crippen LogP contribution in [0.3, 0.4) is 0 Å². The third-order valence-electron chi connectivity index (χ3n) is 5.70. The Morgan fingerprint density at radius 1 is 1.36 bits per heavy atom. The van der Waals surface area contributed by atoms with E-state index in [1.807, 2.05) is 6.07 Å². The third kappa shape index (κ3) is 3.79. The maximum atomic E-state index is 6.40. The summed E-state index contributed by atoms with van der Waals surface area (Å²) in [5.74, 6) is 1.20. The second-order valence-corrected chi connectivity index (χ2v) is 9.76. The van der Waals surface area contributed by atoms with Crippen molar-refractivity contribution in [3.63, 3.8) is 0 Å². The first-order valence-corrected chi connectivity index (χ1v) is 11.4. The number of nitrogen functional groups attached to an aromatic ring is 1. The van der Waals surface area contributed by atoms with Gasteiger partial charge in [-0.05, 0) is 48.4 Å². The van der Waals surface area contributed by atoms with Crippen molar-refractivity contribution in [2.75, 3.05) is 30.3 Å². The summed E-state index contributed by atoms with van der Waals surface area (Å²) in [5.41, 5.74) is 12.7.